The summed E-state index contributed by atoms with van der Waals surface area (Å²) in [6.45, 7) is 0. The van der Waals surface area contributed by atoms with E-state index in [2.05, 4.69) is 10.3 Å². The molecule has 0 spiro atoms. The minimum atomic E-state index is -0.164. The molecule has 0 bridgehead atoms. The number of fused-ring (bicyclic) bond motifs is 1. The molecule has 1 amide bonds. The van der Waals surface area contributed by atoms with Crippen LogP contribution in [0.5, 0.6) is 0 Å². The number of benzene rings is 1. The topological polar surface area (TPSA) is 81.1 Å². The van der Waals surface area contributed by atoms with Gasteiger partial charge in [0.05, 0.1) is 10.2 Å². The standard InChI is InChI=1S/C18H19N3O2S/c19-11-5-7-12(8-6-11)20-17(22)14-9-10-15(23-14)18-21-13-3-1-2-4-16(13)24-18/h1-4,9-12H,5-8,19H2,(H,20,22). The molecule has 1 aromatic carbocycles. The van der Waals surface area contributed by atoms with Crippen molar-refractivity contribution in [2.45, 2.75) is 37.8 Å². The number of nitrogens with two attached hydrogens (primary N) is 1. The van der Waals surface area contributed by atoms with Gasteiger partial charge in [-0.05, 0) is 49.9 Å². The Hall–Kier alpha value is -2.18. The first kappa shape index (κ1) is 15.4. The van der Waals surface area contributed by atoms with Gasteiger partial charge in [-0.15, -0.1) is 11.3 Å². The van der Waals surface area contributed by atoms with Crippen molar-refractivity contribution in [3.05, 3.63) is 42.2 Å². The summed E-state index contributed by atoms with van der Waals surface area (Å²) in [5, 5.41) is 3.83. The molecule has 6 heteroatoms. The number of para-hydroxylation sites is 1. The van der Waals surface area contributed by atoms with Crippen LogP contribution in [0.15, 0.2) is 40.8 Å². The molecule has 5 nitrogen and oxygen atoms in total. The predicted octanol–water partition coefficient (Wildman–Crippen LogP) is 3.56. The third kappa shape index (κ3) is 3.07. The average Bonchev–Trinajstić information content (AvgIpc) is 3.23. The van der Waals surface area contributed by atoms with Gasteiger partial charge in [-0.25, -0.2) is 4.98 Å². The van der Waals surface area contributed by atoms with E-state index in [0.29, 0.717) is 11.5 Å². The molecule has 0 unspecified atom stereocenters. The molecule has 2 aromatic heterocycles. The largest absolute Gasteiger partial charge is 0.448 e. The van der Waals surface area contributed by atoms with Crippen LogP contribution in [0, 0.1) is 0 Å². The molecule has 1 fully saturated rings. The van der Waals surface area contributed by atoms with E-state index in [4.69, 9.17) is 10.2 Å². The number of aromatic nitrogens is 1. The maximum atomic E-state index is 12.4. The number of rotatable bonds is 3. The fourth-order valence-corrected chi connectivity index (χ4v) is 4.00. The van der Waals surface area contributed by atoms with Crippen LogP contribution in [0.2, 0.25) is 0 Å². The molecular weight excluding hydrogens is 322 g/mol. The molecule has 0 radical (unpaired) electrons. The summed E-state index contributed by atoms with van der Waals surface area (Å²) in [4.78, 5) is 16.9. The van der Waals surface area contributed by atoms with Crippen molar-refractivity contribution in [2.75, 3.05) is 0 Å². The number of hydrogen-bond donors (Lipinski definition) is 2. The molecule has 2 heterocycles. The van der Waals surface area contributed by atoms with E-state index in [-0.39, 0.29) is 18.0 Å². The number of carbonyl (C=O) groups is 1. The van der Waals surface area contributed by atoms with Crippen molar-refractivity contribution >= 4 is 27.5 Å². The number of nitrogens with zero attached hydrogens (tertiary/aromatic N) is 1. The molecule has 0 aliphatic heterocycles. The van der Waals surface area contributed by atoms with Crippen LogP contribution in [-0.2, 0) is 0 Å². The van der Waals surface area contributed by atoms with Crippen LogP contribution in [-0.4, -0.2) is 23.0 Å². The normalized spacial score (nSPS) is 21.0. The zero-order chi connectivity index (χ0) is 16.5. The van der Waals surface area contributed by atoms with Crippen LogP contribution in [0.4, 0.5) is 0 Å². The second-order valence-corrected chi connectivity index (χ2v) is 7.27. The molecule has 3 N–H and O–H groups in total. The van der Waals surface area contributed by atoms with Crippen molar-refractivity contribution < 1.29 is 9.21 Å². The third-order valence-corrected chi connectivity index (χ3v) is 5.49. The molecule has 1 aliphatic rings. The van der Waals surface area contributed by atoms with Gasteiger partial charge in [0, 0.05) is 12.1 Å². The summed E-state index contributed by atoms with van der Waals surface area (Å²) >= 11 is 1.56. The van der Waals surface area contributed by atoms with Crippen molar-refractivity contribution in [1.29, 1.82) is 0 Å². The second-order valence-electron chi connectivity index (χ2n) is 6.24. The van der Waals surface area contributed by atoms with Crippen LogP contribution in [0.25, 0.3) is 21.0 Å². The number of nitrogens with one attached hydrogen (secondary N) is 1. The van der Waals surface area contributed by atoms with E-state index in [9.17, 15) is 4.79 Å². The quantitative estimate of drug-likeness (QED) is 0.763. The number of carbonyl (C=O) groups excluding carboxylic acids is 1. The molecule has 3 aromatic rings. The Morgan fingerprint density at radius 1 is 1.17 bits per heavy atom. The van der Waals surface area contributed by atoms with Crippen molar-refractivity contribution in [1.82, 2.24) is 10.3 Å². The zero-order valence-corrected chi connectivity index (χ0v) is 14.0. The minimum Gasteiger partial charge on any atom is -0.448 e. The Balaban J connectivity index is 1.48. The highest BCUT2D eigenvalue weighted by atomic mass is 32.1. The molecular formula is C18H19N3O2S. The zero-order valence-electron chi connectivity index (χ0n) is 13.2. The van der Waals surface area contributed by atoms with Crippen molar-refractivity contribution in [3.63, 3.8) is 0 Å². The van der Waals surface area contributed by atoms with Gasteiger partial charge in [-0.1, -0.05) is 12.1 Å². The van der Waals surface area contributed by atoms with Gasteiger partial charge in [0.15, 0.2) is 16.5 Å². The molecule has 0 atom stereocenters. The molecule has 1 saturated carbocycles. The molecule has 0 saturated heterocycles. The summed E-state index contributed by atoms with van der Waals surface area (Å²) in [7, 11) is 0. The van der Waals surface area contributed by atoms with Crippen molar-refractivity contribution in [3.8, 4) is 10.8 Å². The van der Waals surface area contributed by atoms with Gasteiger partial charge in [-0.3, -0.25) is 4.79 Å². The maximum absolute atomic E-state index is 12.4. The fourth-order valence-electron chi connectivity index (χ4n) is 3.07. The molecule has 24 heavy (non-hydrogen) atoms. The lowest BCUT2D eigenvalue weighted by Gasteiger charge is -2.26. The Morgan fingerprint density at radius 3 is 2.75 bits per heavy atom. The van der Waals surface area contributed by atoms with Gasteiger partial charge in [-0.2, -0.15) is 0 Å². The van der Waals surface area contributed by atoms with Crippen molar-refractivity contribution in [2.24, 2.45) is 5.73 Å². The Morgan fingerprint density at radius 2 is 1.96 bits per heavy atom. The SMILES string of the molecule is NC1CCC(NC(=O)c2ccc(-c3nc4ccccc4s3)o2)CC1. The number of hydrogen-bond acceptors (Lipinski definition) is 5. The lowest BCUT2D eigenvalue weighted by atomic mass is 9.92. The van der Waals surface area contributed by atoms with Gasteiger partial charge < -0.3 is 15.5 Å². The van der Waals surface area contributed by atoms with Gasteiger partial charge in [0.1, 0.15) is 0 Å². The van der Waals surface area contributed by atoms with Crippen LogP contribution < -0.4 is 11.1 Å². The first-order valence-corrected chi connectivity index (χ1v) is 9.03. The predicted molar refractivity (Wildman–Crippen MR) is 95.0 cm³/mol. The summed E-state index contributed by atoms with van der Waals surface area (Å²) in [6.07, 6.45) is 3.77. The molecule has 124 valence electrons. The maximum Gasteiger partial charge on any atom is 0.287 e. The van der Waals surface area contributed by atoms with E-state index in [1.807, 2.05) is 30.3 Å². The van der Waals surface area contributed by atoms with Gasteiger partial charge >= 0.3 is 0 Å². The van der Waals surface area contributed by atoms with Gasteiger partial charge in [0.25, 0.3) is 5.91 Å². The highest BCUT2D eigenvalue weighted by Gasteiger charge is 2.22. The number of thiazole rings is 1. The highest BCUT2D eigenvalue weighted by Crippen LogP contribution is 2.31. The van der Waals surface area contributed by atoms with Gasteiger partial charge in [0.2, 0.25) is 0 Å². The fraction of sp³-hybridized carbons (Fsp3) is 0.333. The summed E-state index contributed by atoms with van der Waals surface area (Å²) in [5.41, 5.74) is 6.84. The summed E-state index contributed by atoms with van der Waals surface area (Å²) in [6, 6.07) is 11.9. The summed E-state index contributed by atoms with van der Waals surface area (Å²) < 4.78 is 6.84. The number of amides is 1. The average molecular weight is 341 g/mol. The monoisotopic (exact) mass is 341 g/mol. The Kier molecular flexibility index (Phi) is 4.08. The lowest BCUT2D eigenvalue weighted by molar-refractivity contribution is 0.0898. The van der Waals surface area contributed by atoms with Crippen LogP contribution in [0.1, 0.15) is 36.2 Å². The first-order valence-electron chi connectivity index (χ1n) is 8.21. The Labute approximate surface area is 143 Å². The highest BCUT2D eigenvalue weighted by molar-refractivity contribution is 7.21. The van der Waals surface area contributed by atoms with E-state index < -0.39 is 0 Å². The first-order chi connectivity index (χ1) is 11.7. The van der Waals surface area contributed by atoms with Crippen LogP contribution >= 0.6 is 11.3 Å². The molecule has 4 rings (SSSR count). The smallest absolute Gasteiger partial charge is 0.287 e. The van der Waals surface area contributed by atoms with E-state index in [1.54, 1.807) is 17.4 Å². The third-order valence-electron chi connectivity index (χ3n) is 4.44. The van der Waals surface area contributed by atoms with Crippen LogP contribution in [0.3, 0.4) is 0 Å². The van der Waals surface area contributed by atoms with E-state index in [1.165, 1.54) is 0 Å². The summed E-state index contributed by atoms with van der Waals surface area (Å²) in [5.74, 6) is 0.800. The van der Waals surface area contributed by atoms with E-state index in [0.717, 1.165) is 40.9 Å². The second kappa shape index (κ2) is 6.37. The minimum absolute atomic E-state index is 0.164. The molecule has 1 aliphatic carbocycles. The number of furan rings is 1. The Bertz CT molecular complexity index is 829. The van der Waals surface area contributed by atoms with E-state index >= 15 is 0 Å². The lowest BCUT2D eigenvalue weighted by Crippen LogP contribution is -2.40.